The molecule has 2 N–H and O–H groups in total. The van der Waals surface area contributed by atoms with Gasteiger partial charge in [-0.05, 0) is 12.8 Å². The molecule has 0 spiro atoms. The third kappa shape index (κ3) is 25.6. The van der Waals surface area contributed by atoms with Crippen molar-refractivity contribution in [2.75, 3.05) is 20.6 Å². The molecule has 0 radical (unpaired) electrons. The molecule has 1 aromatic carbocycles. The molecule has 0 fully saturated rings. The fraction of sp³-hybridized carbons (Fsp3) is 0.767. The first-order valence-corrected chi connectivity index (χ1v) is 14.1. The van der Waals surface area contributed by atoms with Crippen molar-refractivity contribution in [1.29, 1.82) is 0 Å². The summed E-state index contributed by atoms with van der Waals surface area (Å²) in [5.41, 5.74) is 6.54. The Morgan fingerprint density at radius 2 is 1.09 bits per heavy atom. The van der Waals surface area contributed by atoms with Gasteiger partial charge in [0.05, 0.1) is 20.6 Å². The zero-order valence-corrected chi connectivity index (χ0v) is 23.9. The lowest BCUT2D eigenvalue weighted by molar-refractivity contribution is -0.903. The van der Waals surface area contributed by atoms with Crippen LogP contribution in [0.2, 0.25) is 0 Å². The molecule has 0 saturated carbocycles. The minimum absolute atomic E-state index is 0. The Morgan fingerprint density at radius 3 is 1.47 bits per heavy atom. The van der Waals surface area contributed by atoms with Gasteiger partial charge in [-0.2, -0.15) is 0 Å². The molecule has 3 nitrogen and oxygen atoms in total. The lowest BCUT2D eigenvalue weighted by atomic mass is 10.0. The van der Waals surface area contributed by atoms with Gasteiger partial charge in [0.2, 0.25) is 5.91 Å². The van der Waals surface area contributed by atoms with Crippen molar-refractivity contribution < 1.29 is 21.7 Å². The van der Waals surface area contributed by atoms with E-state index in [4.69, 9.17) is 5.73 Å². The Labute approximate surface area is 219 Å². The Hall–Kier alpha value is -1.06. The van der Waals surface area contributed by atoms with E-state index in [2.05, 4.69) is 58.3 Å². The SMILES string of the molecule is CCCCCCCCCCCCCCCCCC(N)=O.CCC[N+](C)(C)Cc1ccccc1.[Cl-]. The molecule has 0 saturated heterocycles. The number of carbonyl (C=O) groups excluding carboxylic acids is 1. The van der Waals surface area contributed by atoms with Gasteiger partial charge < -0.3 is 22.6 Å². The van der Waals surface area contributed by atoms with E-state index in [1.54, 1.807) is 0 Å². The summed E-state index contributed by atoms with van der Waals surface area (Å²) >= 11 is 0. The number of halogens is 1. The van der Waals surface area contributed by atoms with Crippen LogP contribution in [0.1, 0.15) is 129 Å². The van der Waals surface area contributed by atoms with E-state index in [1.807, 2.05) is 0 Å². The fourth-order valence-corrected chi connectivity index (χ4v) is 4.43. The number of unbranched alkanes of at least 4 members (excludes halogenated alkanes) is 14. The monoisotopic (exact) mass is 496 g/mol. The van der Waals surface area contributed by atoms with Crippen molar-refractivity contribution in [1.82, 2.24) is 0 Å². The van der Waals surface area contributed by atoms with Gasteiger partial charge in [-0.1, -0.05) is 134 Å². The van der Waals surface area contributed by atoms with Crippen LogP contribution in [0.25, 0.3) is 0 Å². The standard InChI is InChI=1S/C18H37NO.C12H20N.ClH/c1-2-3-4-5-6-7-8-9-10-11-12-13-14-15-16-17-18(19)20;1-4-10-13(2,3)11-12-8-6-5-7-9-12;/h2-17H2,1H3,(H2,19,20);5-9H,4,10-11H2,1-3H3;1H/q;+1;/p-1. The molecular formula is C30H57ClN2O. The van der Waals surface area contributed by atoms with E-state index in [9.17, 15) is 4.79 Å². The highest BCUT2D eigenvalue weighted by molar-refractivity contribution is 5.73. The second kappa shape index (κ2) is 25.0. The minimum Gasteiger partial charge on any atom is -1.00 e. The second-order valence-electron chi connectivity index (χ2n) is 10.5. The Kier molecular flexibility index (Phi) is 25.9. The highest BCUT2D eigenvalue weighted by Gasteiger charge is 2.13. The molecule has 0 heterocycles. The predicted octanol–water partition coefficient (Wildman–Crippen LogP) is 5.41. The molecule has 1 amide bonds. The average molecular weight is 497 g/mol. The lowest BCUT2D eigenvalue weighted by Gasteiger charge is -2.29. The number of carbonyl (C=O) groups is 1. The highest BCUT2D eigenvalue weighted by atomic mass is 35.5. The molecule has 34 heavy (non-hydrogen) atoms. The molecule has 1 rings (SSSR count). The number of benzene rings is 1. The third-order valence-electron chi connectivity index (χ3n) is 6.31. The van der Waals surface area contributed by atoms with Gasteiger partial charge in [-0.3, -0.25) is 4.79 Å². The first-order valence-electron chi connectivity index (χ1n) is 14.1. The maximum Gasteiger partial charge on any atom is 0.217 e. The second-order valence-corrected chi connectivity index (χ2v) is 10.5. The maximum absolute atomic E-state index is 10.6. The van der Waals surface area contributed by atoms with Gasteiger partial charge >= 0.3 is 0 Å². The summed E-state index contributed by atoms with van der Waals surface area (Å²) in [4.78, 5) is 10.6. The topological polar surface area (TPSA) is 43.1 Å². The van der Waals surface area contributed by atoms with Crippen LogP contribution in [0.5, 0.6) is 0 Å². The van der Waals surface area contributed by atoms with Crippen molar-refractivity contribution in [3.8, 4) is 0 Å². The van der Waals surface area contributed by atoms with Crippen LogP contribution in [0, 0.1) is 0 Å². The number of primary amides is 1. The summed E-state index contributed by atoms with van der Waals surface area (Å²) < 4.78 is 1.08. The Morgan fingerprint density at radius 1 is 0.676 bits per heavy atom. The van der Waals surface area contributed by atoms with E-state index in [1.165, 1.54) is 108 Å². The number of hydrogen-bond acceptors (Lipinski definition) is 1. The maximum atomic E-state index is 10.6. The highest BCUT2D eigenvalue weighted by Crippen LogP contribution is 2.13. The molecule has 0 aliphatic heterocycles. The zero-order chi connectivity index (χ0) is 24.6. The van der Waals surface area contributed by atoms with Gasteiger partial charge in [-0.15, -0.1) is 0 Å². The van der Waals surface area contributed by atoms with Crippen molar-refractivity contribution >= 4 is 5.91 Å². The quantitative estimate of drug-likeness (QED) is 0.190. The van der Waals surface area contributed by atoms with Crippen LogP contribution in [0.15, 0.2) is 30.3 Å². The van der Waals surface area contributed by atoms with E-state index in [0.717, 1.165) is 17.4 Å². The van der Waals surface area contributed by atoms with E-state index in [0.29, 0.717) is 6.42 Å². The molecule has 0 aliphatic rings. The molecular weight excluding hydrogens is 440 g/mol. The normalized spacial score (nSPS) is 10.8. The van der Waals surface area contributed by atoms with Crippen LogP contribution in [-0.4, -0.2) is 31.0 Å². The molecule has 4 heteroatoms. The van der Waals surface area contributed by atoms with Gasteiger partial charge in [0.25, 0.3) is 0 Å². The first-order chi connectivity index (χ1) is 15.9. The van der Waals surface area contributed by atoms with Crippen molar-refractivity contribution in [2.45, 2.75) is 130 Å². The van der Waals surface area contributed by atoms with Gasteiger partial charge in [0.15, 0.2) is 0 Å². The van der Waals surface area contributed by atoms with Crippen molar-refractivity contribution in [2.24, 2.45) is 5.73 Å². The van der Waals surface area contributed by atoms with Gasteiger partial charge in [0, 0.05) is 12.0 Å². The van der Waals surface area contributed by atoms with Crippen molar-refractivity contribution in [3.63, 3.8) is 0 Å². The number of nitrogens with zero attached hydrogens (tertiary/aromatic N) is 1. The van der Waals surface area contributed by atoms with Crippen LogP contribution < -0.4 is 18.1 Å². The summed E-state index contributed by atoms with van der Waals surface area (Å²) in [6, 6.07) is 10.7. The fourth-order valence-electron chi connectivity index (χ4n) is 4.43. The minimum atomic E-state index is -0.153. The third-order valence-corrected chi connectivity index (χ3v) is 6.31. The smallest absolute Gasteiger partial charge is 0.217 e. The average Bonchev–Trinajstić information content (AvgIpc) is 2.77. The number of nitrogens with two attached hydrogens (primary N) is 1. The number of rotatable bonds is 20. The van der Waals surface area contributed by atoms with Crippen molar-refractivity contribution in [3.05, 3.63) is 35.9 Å². The molecule has 0 aromatic heterocycles. The molecule has 0 aliphatic carbocycles. The lowest BCUT2D eigenvalue weighted by Crippen LogP contribution is -3.00. The van der Waals surface area contributed by atoms with Crippen LogP contribution in [-0.2, 0) is 11.3 Å². The predicted molar refractivity (Wildman–Crippen MR) is 146 cm³/mol. The summed E-state index contributed by atoms with van der Waals surface area (Å²) in [5, 5.41) is 0. The molecule has 0 bridgehead atoms. The summed E-state index contributed by atoms with van der Waals surface area (Å²) in [6.07, 6.45) is 22.1. The molecule has 0 atom stereocenters. The van der Waals surface area contributed by atoms with Crippen LogP contribution >= 0.6 is 0 Å². The largest absolute Gasteiger partial charge is 1.00 e. The number of amides is 1. The Bertz CT molecular complexity index is 548. The van der Waals surface area contributed by atoms with Gasteiger partial charge in [0.1, 0.15) is 6.54 Å². The molecule has 1 aromatic rings. The Balaban J connectivity index is 0. The van der Waals surface area contributed by atoms with E-state index < -0.39 is 0 Å². The number of quaternary nitrogens is 1. The van der Waals surface area contributed by atoms with Gasteiger partial charge in [-0.25, -0.2) is 0 Å². The summed E-state index contributed by atoms with van der Waals surface area (Å²) in [6.45, 7) is 6.90. The molecule has 0 unspecified atom stereocenters. The van der Waals surface area contributed by atoms with E-state index >= 15 is 0 Å². The van der Waals surface area contributed by atoms with Crippen LogP contribution in [0.3, 0.4) is 0 Å². The summed E-state index contributed by atoms with van der Waals surface area (Å²) in [5.74, 6) is -0.153. The zero-order valence-electron chi connectivity index (χ0n) is 23.1. The van der Waals surface area contributed by atoms with E-state index in [-0.39, 0.29) is 18.3 Å². The first kappa shape index (κ1) is 35.1. The van der Waals surface area contributed by atoms with Crippen LogP contribution in [0.4, 0.5) is 0 Å². The number of hydrogen-bond donors (Lipinski definition) is 1. The molecule has 200 valence electrons. The summed E-state index contributed by atoms with van der Waals surface area (Å²) in [7, 11) is 4.58.